The van der Waals surface area contributed by atoms with Gasteiger partial charge in [0, 0.05) is 42.6 Å². The fraction of sp³-hybridized carbons (Fsp3) is 0.467. The zero-order valence-corrected chi connectivity index (χ0v) is 24.9. The van der Waals surface area contributed by atoms with Crippen LogP contribution >= 0.6 is 0 Å². The fourth-order valence-electron chi connectivity index (χ4n) is 5.65. The van der Waals surface area contributed by atoms with E-state index < -0.39 is 16.1 Å². The Morgan fingerprint density at radius 2 is 1.78 bits per heavy atom. The Morgan fingerprint density at radius 1 is 1.07 bits per heavy atom. The van der Waals surface area contributed by atoms with Crippen LogP contribution in [-0.4, -0.2) is 77.5 Å². The lowest BCUT2D eigenvalue weighted by Gasteiger charge is -2.23. The number of nitrogens with zero attached hydrogens (tertiary/aromatic N) is 2. The number of carbonyl (C=O) groups is 2. The number of hydrogen-bond donors (Lipinski definition) is 3. The number of hydrogen-bond acceptors (Lipinski definition) is 7. The smallest absolute Gasteiger partial charge is 0.301 e. The first-order valence-corrected chi connectivity index (χ1v) is 15.6. The van der Waals surface area contributed by atoms with E-state index in [1.54, 1.807) is 19.2 Å². The molecule has 41 heavy (non-hydrogen) atoms. The van der Waals surface area contributed by atoms with Crippen LogP contribution in [0.1, 0.15) is 53.9 Å². The van der Waals surface area contributed by atoms with E-state index in [9.17, 15) is 18.0 Å². The number of likely N-dealkylation sites (N-methyl/N-ethyl adjacent to an activating group) is 2. The third kappa shape index (κ3) is 7.53. The van der Waals surface area contributed by atoms with Gasteiger partial charge in [0.05, 0.1) is 19.3 Å². The van der Waals surface area contributed by atoms with Gasteiger partial charge in [-0.15, -0.1) is 0 Å². The summed E-state index contributed by atoms with van der Waals surface area (Å²) in [6.45, 7) is 2.33. The number of rotatable bonds is 14. The molecule has 2 aromatic carbocycles. The fourth-order valence-corrected chi connectivity index (χ4v) is 6.44. The number of ether oxygens (including phenoxy) is 1. The molecule has 1 saturated carbocycles. The second-order valence-corrected chi connectivity index (χ2v) is 12.1. The molecule has 222 valence electrons. The summed E-state index contributed by atoms with van der Waals surface area (Å²) in [7, 11) is 1.32. The molecule has 0 bridgehead atoms. The molecular formula is C30H41N5O5S. The number of nitrogens with one attached hydrogen (secondary N) is 3. The molecule has 11 heteroatoms. The summed E-state index contributed by atoms with van der Waals surface area (Å²) in [4.78, 5) is 27.0. The van der Waals surface area contributed by atoms with Crippen LogP contribution in [-0.2, 0) is 21.5 Å². The van der Waals surface area contributed by atoms with Crippen molar-refractivity contribution in [1.82, 2.24) is 24.2 Å². The molecule has 1 aliphatic carbocycles. The van der Waals surface area contributed by atoms with E-state index in [-0.39, 0.29) is 18.7 Å². The molecule has 3 aromatic rings. The predicted molar refractivity (Wildman–Crippen MR) is 162 cm³/mol. The van der Waals surface area contributed by atoms with Crippen LogP contribution in [0.15, 0.2) is 42.5 Å². The predicted octanol–water partition coefficient (Wildman–Crippen LogP) is 3.28. The summed E-state index contributed by atoms with van der Waals surface area (Å²) < 4.78 is 37.1. The van der Waals surface area contributed by atoms with Gasteiger partial charge in [-0.3, -0.25) is 4.79 Å². The van der Waals surface area contributed by atoms with Crippen LogP contribution in [0, 0.1) is 0 Å². The van der Waals surface area contributed by atoms with Crippen LogP contribution in [0.5, 0.6) is 5.75 Å². The maximum absolute atomic E-state index is 13.1. The van der Waals surface area contributed by atoms with Gasteiger partial charge >= 0.3 is 10.2 Å². The van der Waals surface area contributed by atoms with Gasteiger partial charge in [0.2, 0.25) is 0 Å². The summed E-state index contributed by atoms with van der Waals surface area (Å²) in [5.74, 6) is 0.336. The van der Waals surface area contributed by atoms with Crippen molar-refractivity contribution in [2.45, 2.75) is 44.6 Å². The molecule has 1 fully saturated rings. The van der Waals surface area contributed by atoms with Crippen LogP contribution in [0.2, 0.25) is 0 Å². The number of aldehydes is 1. The van der Waals surface area contributed by atoms with Crippen LogP contribution in [0.4, 0.5) is 0 Å². The van der Waals surface area contributed by atoms with E-state index >= 15 is 0 Å². The molecule has 1 amide bonds. The SMILES string of the molecule is CNCCN(C)CCNS(=O)(=O)NC(=O)c1ccc2c(C3CCCCC3)c(-c3ccc(OC)cc3)n(CC=O)c2c1. The van der Waals surface area contributed by atoms with E-state index in [0.29, 0.717) is 12.5 Å². The Bertz CT molecular complexity index is 1450. The molecule has 4 rings (SSSR count). The van der Waals surface area contributed by atoms with Crippen LogP contribution in [0.25, 0.3) is 22.2 Å². The lowest BCUT2D eigenvalue weighted by Crippen LogP contribution is -2.43. The normalized spacial score (nSPS) is 14.4. The monoisotopic (exact) mass is 583 g/mol. The topological polar surface area (TPSA) is 122 Å². The molecule has 1 aliphatic rings. The largest absolute Gasteiger partial charge is 0.497 e. The zero-order chi connectivity index (χ0) is 29.4. The lowest BCUT2D eigenvalue weighted by molar-refractivity contribution is -0.108. The minimum absolute atomic E-state index is 0.108. The number of benzene rings is 2. The summed E-state index contributed by atoms with van der Waals surface area (Å²) >= 11 is 0. The molecular weight excluding hydrogens is 542 g/mol. The van der Waals surface area contributed by atoms with Crippen molar-refractivity contribution in [2.24, 2.45) is 0 Å². The third-order valence-corrected chi connectivity index (χ3v) is 8.79. The lowest BCUT2D eigenvalue weighted by atomic mass is 9.81. The Balaban J connectivity index is 1.67. The molecule has 0 saturated heterocycles. The molecule has 10 nitrogen and oxygen atoms in total. The Labute approximate surface area is 242 Å². The van der Waals surface area contributed by atoms with Gasteiger partial charge in [-0.1, -0.05) is 25.3 Å². The summed E-state index contributed by atoms with van der Waals surface area (Å²) in [6, 6.07) is 13.0. The molecule has 0 unspecified atom stereocenters. The molecule has 3 N–H and O–H groups in total. The molecule has 0 atom stereocenters. The van der Waals surface area contributed by atoms with E-state index in [2.05, 4.69) is 14.8 Å². The maximum Gasteiger partial charge on any atom is 0.301 e. The summed E-state index contributed by atoms with van der Waals surface area (Å²) in [5.41, 5.74) is 4.02. The second-order valence-electron chi connectivity index (χ2n) is 10.6. The summed E-state index contributed by atoms with van der Waals surface area (Å²) in [5, 5.41) is 4.03. The number of fused-ring (bicyclic) bond motifs is 1. The molecule has 0 radical (unpaired) electrons. The average molecular weight is 584 g/mol. The third-order valence-electron chi connectivity index (χ3n) is 7.76. The van der Waals surface area contributed by atoms with Crippen LogP contribution in [0.3, 0.4) is 0 Å². The Hall–Kier alpha value is -3.25. The number of carbonyl (C=O) groups excluding carboxylic acids is 2. The van der Waals surface area contributed by atoms with Gasteiger partial charge in [-0.2, -0.15) is 13.1 Å². The number of aromatic nitrogens is 1. The van der Waals surface area contributed by atoms with Crippen molar-refractivity contribution in [3.63, 3.8) is 0 Å². The highest BCUT2D eigenvalue weighted by atomic mass is 32.2. The highest BCUT2D eigenvalue weighted by Gasteiger charge is 2.27. The van der Waals surface area contributed by atoms with Crippen molar-refractivity contribution >= 4 is 33.3 Å². The highest BCUT2D eigenvalue weighted by Crippen LogP contribution is 2.44. The van der Waals surface area contributed by atoms with Gasteiger partial charge in [-0.05, 0) is 80.4 Å². The van der Waals surface area contributed by atoms with Crippen molar-refractivity contribution in [3.05, 3.63) is 53.6 Å². The van der Waals surface area contributed by atoms with E-state index in [1.165, 1.54) is 12.0 Å². The minimum Gasteiger partial charge on any atom is -0.497 e. The van der Waals surface area contributed by atoms with Crippen molar-refractivity contribution in [3.8, 4) is 17.0 Å². The average Bonchev–Trinajstić information content (AvgIpc) is 3.29. The minimum atomic E-state index is -4.06. The molecule has 0 spiro atoms. The maximum atomic E-state index is 13.1. The van der Waals surface area contributed by atoms with E-state index in [1.807, 2.05) is 53.9 Å². The Morgan fingerprint density at radius 3 is 2.44 bits per heavy atom. The standard InChI is InChI=1S/C30H41N5O5S/c1-31-15-17-34(2)18-16-32-41(38,39)33-30(37)24-11-14-26-27(21-24)35(19-20-36)29(23-9-12-25(40-3)13-10-23)28(26)22-7-5-4-6-8-22/h9-14,20-22,31-32H,4-8,15-19H2,1-3H3,(H,33,37). The van der Waals surface area contributed by atoms with Crippen molar-refractivity contribution in [2.75, 3.05) is 47.4 Å². The highest BCUT2D eigenvalue weighted by molar-refractivity contribution is 7.88. The van der Waals surface area contributed by atoms with Gasteiger partial charge in [0.15, 0.2) is 0 Å². The first kappa shape index (κ1) is 30.7. The van der Waals surface area contributed by atoms with Gasteiger partial charge < -0.3 is 24.3 Å². The quantitative estimate of drug-likeness (QED) is 0.249. The first-order valence-electron chi connectivity index (χ1n) is 14.2. The Kier molecular flexibility index (Phi) is 10.5. The van der Waals surface area contributed by atoms with Gasteiger partial charge in [0.1, 0.15) is 12.0 Å². The first-order chi connectivity index (χ1) is 19.8. The number of methoxy groups -OCH3 is 1. The molecule has 0 aliphatic heterocycles. The van der Waals surface area contributed by atoms with Crippen molar-refractivity contribution in [1.29, 1.82) is 0 Å². The van der Waals surface area contributed by atoms with Crippen LogP contribution < -0.4 is 19.5 Å². The second kappa shape index (κ2) is 14.1. The van der Waals surface area contributed by atoms with Gasteiger partial charge in [-0.25, -0.2) is 4.72 Å². The molecule has 1 aromatic heterocycles. The van der Waals surface area contributed by atoms with Gasteiger partial charge in [0.25, 0.3) is 5.91 Å². The number of amides is 1. The molecule has 1 heterocycles. The summed E-state index contributed by atoms with van der Waals surface area (Å²) in [6.07, 6.45) is 6.46. The van der Waals surface area contributed by atoms with E-state index in [4.69, 9.17) is 4.74 Å². The zero-order valence-electron chi connectivity index (χ0n) is 24.1. The van der Waals surface area contributed by atoms with Crippen molar-refractivity contribution < 1.29 is 22.7 Å². The van der Waals surface area contributed by atoms with E-state index in [0.717, 1.165) is 73.0 Å².